The molecule has 0 aliphatic carbocycles. The zero-order chi connectivity index (χ0) is 15.1. The third kappa shape index (κ3) is 2.19. The predicted octanol–water partition coefficient (Wildman–Crippen LogP) is 3.27. The number of fused-ring (bicyclic) bond motifs is 2. The molecule has 1 aromatic carbocycles. The summed E-state index contributed by atoms with van der Waals surface area (Å²) in [4.78, 5) is 12.8. The molecule has 0 saturated carbocycles. The first-order valence-corrected chi connectivity index (χ1v) is 7.58. The first-order chi connectivity index (χ1) is 10.7. The van der Waals surface area contributed by atoms with Crippen molar-refractivity contribution in [3.8, 4) is 0 Å². The van der Waals surface area contributed by atoms with Gasteiger partial charge in [0.05, 0.1) is 29.3 Å². The number of nitrogens with zero attached hydrogens (tertiary/aromatic N) is 4. The van der Waals surface area contributed by atoms with E-state index >= 15 is 0 Å². The Morgan fingerprint density at radius 3 is 3.00 bits per heavy atom. The van der Waals surface area contributed by atoms with Crippen molar-refractivity contribution in [1.82, 2.24) is 19.5 Å². The molecule has 110 valence electrons. The topological polar surface area (TPSA) is 55.6 Å². The number of rotatable bonds is 3. The van der Waals surface area contributed by atoms with Crippen molar-refractivity contribution in [3.05, 3.63) is 48.2 Å². The molecular weight excluding hydrogens is 301 g/mol. The first-order valence-electron chi connectivity index (χ1n) is 6.76. The number of halogens is 1. The average Bonchev–Trinajstić information content (AvgIpc) is 3.10. The number of benzene rings is 1. The van der Waals surface area contributed by atoms with E-state index in [1.54, 1.807) is 17.7 Å². The molecule has 0 saturated heterocycles. The van der Waals surface area contributed by atoms with E-state index in [2.05, 4.69) is 26.3 Å². The van der Waals surface area contributed by atoms with Crippen LogP contribution in [0.1, 0.15) is 5.56 Å². The molecule has 0 aliphatic rings. The maximum atomic E-state index is 13.2. The lowest BCUT2D eigenvalue weighted by molar-refractivity contribution is 0.623. The highest BCUT2D eigenvalue weighted by atomic mass is 32.1. The van der Waals surface area contributed by atoms with E-state index in [0.29, 0.717) is 17.7 Å². The standard InChI is InChI=1S/C15H12FN5S/c1-17-15-20-11-3-2-9(4-13(11)22-15)7-21-8-19-12-5-10(16)6-18-14(12)21/h2-6,8H,7H2,1H3,(H,17,20). The second kappa shape index (κ2) is 5.03. The average molecular weight is 313 g/mol. The minimum atomic E-state index is -0.372. The van der Waals surface area contributed by atoms with Crippen LogP contribution >= 0.6 is 11.3 Å². The van der Waals surface area contributed by atoms with Gasteiger partial charge in [-0.05, 0) is 17.7 Å². The molecule has 4 aromatic rings. The van der Waals surface area contributed by atoms with Crippen molar-refractivity contribution >= 4 is 37.8 Å². The van der Waals surface area contributed by atoms with Crippen molar-refractivity contribution in [2.24, 2.45) is 0 Å². The monoisotopic (exact) mass is 313 g/mol. The summed E-state index contributed by atoms with van der Waals surface area (Å²) in [7, 11) is 1.86. The van der Waals surface area contributed by atoms with Crippen LogP contribution in [0.25, 0.3) is 21.4 Å². The quantitative estimate of drug-likeness (QED) is 0.631. The molecule has 0 unspecified atom stereocenters. The van der Waals surface area contributed by atoms with E-state index in [1.165, 1.54) is 12.3 Å². The fourth-order valence-electron chi connectivity index (χ4n) is 2.41. The summed E-state index contributed by atoms with van der Waals surface area (Å²) in [5, 5.41) is 3.96. The molecule has 3 aromatic heterocycles. The number of hydrogen-bond acceptors (Lipinski definition) is 5. The van der Waals surface area contributed by atoms with Crippen LogP contribution in [0.4, 0.5) is 9.52 Å². The highest BCUT2D eigenvalue weighted by Crippen LogP contribution is 2.27. The Hall–Kier alpha value is -2.54. The lowest BCUT2D eigenvalue weighted by atomic mass is 10.2. The van der Waals surface area contributed by atoms with E-state index in [9.17, 15) is 4.39 Å². The summed E-state index contributed by atoms with van der Waals surface area (Å²) in [5.41, 5.74) is 3.36. The van der Waals surface area contributed by atoms with Crippen LogP contribution in [0.15, 0.2) is 36.8 Å². The van der Waals surface area contributed by atoms with E-state index in [0.717, 1.165) is 20.9 Å². The molecule has 22 heavy (non-hydrogen) atoms. The molecule has 0 aliphatic heterocycles. The van der Waals surface area contributed by atoms with Gasteiger partial charge >= 0.3 is 0 Å². The molecule has 7 heteroatoms. The number of aromatic nitrogens is 4. The molecule has 5 nitrogen and oxygen atoms in total. The Morgan fingerprint density at radius 1 is 1.23 bits per heavy atom. The lowest BCUT2D eigenvalue weighted by Gasteiger charge is -2.03. The van der Waals surface area contributed by atoms with Crippen molar-refractivity contribution in [1.29, 1.82) is 0 Å². The molecule has 0 bridgehead atoms. The Morgan fingerprint density at radius 2 is 2.14 bits per heavy atom. The summed E-state index contributed by atoms with van der Waals surface area (Å²) < 4.78 is 16.2. The van der Waals surface area contributed by atoms with Gasteiger partial charge in [0.2, 0.25) is 0 Å². The molecule has 4 rings (SSSR count). The van der Waals surface area contributed by atoms with Crippen molar-refractivity contribution in [2.45, 2.75) is 6.54 Å². The SMILES string of the molecule is CNc1nc2ccc(Cn3cnc4cc(F)cnc43)cc2s1. The highest BCUT2D eigenvalue weighted by molar-refractivity contribution is 7.22. The van der Waals surface area contributed by atoms with Crippen LogP contribution in [-0.4, -0.2) is 26.6 Å². The van der Waals surface area contributed by atoms with Gasteiger partial charge in [0.25, 0.3) is 0 Å². The number of nitrogens with one attached hydrogen (secondary N) is 1. The number of thiazole rings is 1. The smallest absolute Gasteiger partial charge is 0.183 e. The summed E-state index contributed by atoms with van der Waals surface area (Å²) in [6.45, 7) is 0.637. The van der Waals surface area contributed by atoms with Gasteiger partial charge in [-0.15, -0.1) is 0 Å². The minimum Gasteiger partial charge on any atom is -0.365 e. The Bertz CT molecular complexity index is 975. The van der Waals surface area contributed by atoms with Gasteiger partial charge < -0.3 is 9.88 Å². The molecule has 0 atom stereocenters. The molecule has 0 amide bonds. The molecule has 1 N–H and O–H groups in total. The van der Waals surface area contributed by atoms with Crippen molar-refractivity contribution in [2.75, 3.05) is 12.4 Å². The molecule has 0 fully saturated rings. The Labute approximate surface area is 129 Å². The summed E-state index contributed by atoms with van der Waals surface area (Å²) >= 11 is 1.62. The summed E-state index contributed by atoms with van der Waals surface area (Å²) in [6, 6.07) is 7.55. The Kier molecular flexibility index (Phi) is 3.00. The minimum absolute atomic E-state index is 0.372. The largest absolute Gasteiger partial charge is 0.365 e. The zero-order valence-corrected chi connectivity index (χ0v) is 12.6. The lowest BCUT2D eigenvalue weighted by Crippen LogP contribution is -1.99. The van der Waals surface area contributed by atoms with Crippen LogP contribution in [0, 0.1) is 5.82 Å². The van der Waals surface area contributed by atoms with Crippen molar-refractivity contribution < 1.29 is 4.39 Å². The van der Waals surface area contributed by atoms with Gasteiger partial charge in [-0.3, -0.25) is 0 Å². The summed E-state index contributed by atoms with van der Waals surface area (Å²) in [6.07, 6.45) is 2.90. The second-order valence-corrected chi connectivity index (χ2v) is 5.97. The van der Waals surface area contributed by atoms with Crippen LogP contribution in [-0.2, 0) is 6.54 Å². The maximum Gasteiger partial charge on any atom is 0.183 e. The first kappa shape index (κ1) is 13.1. The van der Waals surface area contributed by atoms with Crippen LogP contribution < -0.4 is 5.32 Å². The second-order valence-electron chi connectivity index (χ2n) is 4.94. The third-order valence-corrected chi connectivity index (χ3v) is 4.48. The van der Waals surface area contributed by atoms with Gasteiger partial charge in [-0.1, -0.05) is 17.4 Å². The number of hydrogen-bond donors (Lipinski definition) is 1. The van der Waals surface area contributed by atoms with Gasteiger partial charge in [0.1, 0.15) is 11.3 Å². The normalized spacial score (nSPS) is 11.4. The van der Waals surface area contributed by atoms with E-state index in [4.69, 9.17) is 0 Å². The summed E-state index contributed by atoms with van der Waals surface area (Å²) in [5.74, 6) is -0.372. The van der Waals surface area contributed by atoms with Crippen LogP contribution in [0.3, 0.4) is 0 Å². The van der Waals surface area contributed by atoms with E-state index < -0.39 is 0 Å². The molecular formula is C15H12FN5S. The highest BCUT2D eigenvalue weighted by Gasteiger charge is 2.08. The molecule has 3 heterocycles. The van der Waals surface area contributed by atoms with Crippen LogP contribution in [0.5, 0.6) is 0 Å². The number of imidazole rings is 1. The predicted molar refractivity (Wildman–Crippen MR) is 85.8 cm³/mol. The maximum absolute atomic E-state index is 13.2. The van der Waals surface area contributed by atoms with Crippen molar-refractivity contribution in [3.63, 3.8) is 0 Å². The fraction of sp³-hybridized carbons (Fsp3) is 0.133. The fourth-order valence-corrected chi connectivity index (χ4v) is 3.29. The van der Waals surface area contributed by atoms with Gasteiger partial charge in [-0.2, -0.15) is 0 Å². The van der Waals surface area contributed by atoms with Gasteiger partial charge in [0, 0.05) is 13.1 Å². The third-order valence-electron chi connectivity index (χ3n) is 3.44. The van der Waals surface area contributed by atoms with E-state index in [-0.39, 0.29) is 5.82 Å². The van der Waals surface area contributed by atoms with Gasteiger partial charge in [-0.25, -0.2) is 19.3 Å². The number of pyridine rings is 1. The Balaban J connectivity index is 1.72. The van der Waals surface area contributed by atoms with Gasteiger partial charge in [0.15, 0.2) is 10.8 Å². The molecule has 0 radical (unpaired) electrons. The van der Waals surface area contributed by atoms with E-state index in [1.807, 2.05) is 23.7 Å². The number of anilines is 1. The zero-order valence-electron chi connectivity index (χ0n) is 11.7. The van der Waals surface area contributed by atoms with Crippen LogP contribution in [0.2, 0.25) is 0 Å². The molecule has 0 spiro atoms.